The Morgan fingerprint density at radius 3 is 2.89 bits per heavy atom. The van der Waals surface area contributed by atoms with Crippen molar-refractivity contribution in [2.75, 3.05) is 13.1 Å². The summed E-state index contributed by atoms with van der Waals surface area (Å²) in [7, 11) is 0. The van der Waals surface area contributed by atoms with E-state index in [1.807, 2.05) is 6.07 Å². The van der Waals surface area contributed by atoms with Gasteiger partial charge in [0.2, 0.25) is 0 Å². The number of carbonyl (C=O) groups is 1. The Kier molecular flexibility index (Phi) is 4.31. The summed E-state index contributed by atoms with van der Waals surface area (Å²) in [5, 5.41) is 0.445. The lowest BCUT2D eigenvalue weighted by molar-refractivity contribution is 0.0770. The maximum absolute atomic E-state index is 12.4. The summed E-state index contributed by atoms with van der Waals surface area (Å²) < 4.78 is 0.724. The van der Waals surface area contributed by atoms with Crippen LogP contribution in [-0.4, -0.2) is 23.9 Å². The average Bonchev–Trinajstić information content (AvgIpc) is 3.15. The summed E-state index contributed by atoms with van der Waals surface area (Å²) in [6.45, 7) is 1.06. The predicted molar refractivity (Wildman–Crippen MR) is 76.6 cm³/mol. The van der Waals surface area contributed by atoms with Crippen molar-refractivity contribution in [3.05, 3.63) is 33.3 Å². The minimum absolute atomic E-state index is 0.0915. The van der Waals surface area contributed by atoms with E-state index in [9.17, 15) is 4.79 Å². The van der Waals surface area contributed by atoms with Crippen LogP contribution in [0.1, 0.15) is 23.2 Å². The molecule has 0 heterocycles. The third-order valence-electron chi connectivity index (χ3n) is 2.93. The van der Waals surface area contributed by atoms with Gasteiger partial charge in [0, 0.05) is 11.0 Å². The van der Waals surface area contributed by atoms with Crippen LogP contribution in [0, 0.1) is 18.3 Å². The first-order valence-electron chi connectivity index (χ1n) is 5.80. The molecule has 1 saturated carbocycles. The second-order valence-electron chi connectivity index (χ2n) is 4.43. The van der Waals surface area contributed by atoms with Crippen molar-refractivity contribution >= 4 is 33.4 Å². The predicted octanol–water partition coefficient (Wildman–Crippen LogP) is 3.59. The Morgan fingerprint density at radius 1 is 1.56 bits per heavy atom. The first-order valence-corrected chi connectivity index (χ1v) is 6.97. The largest absolute Gasteiger partial charge is 0.327 e. The van der Waals surface area contributed by atoms with E-state index in [1.54, 1.807) is 17.0 Å². The van der Waals surface area contributed by atoms with Crippen molar-refractivity contribution in [1.82, 2.24) is 4.90 Å². The monoisotopic (exact) mass is 325 g/mol. The molecule has 94 valence electrons. The molecule has 18 heavy (non-hydrogen) atoms. The minimum Gasteiger partial charge on any atom is -0.327 e. The van der Waals surface area contributed by atoms with Gasteiger partial charge < -0.3 is 4.90 Å². The topological polar surface area (TPSA) is 20.3 Å². The van der Waals surface area contributed by atoms with E-state index in [1.165, 1.54) is 12.8 Å². The fourth-order valence-corrected chi connectivity index (χ4v) is 2.35. The van der Waals surface area contributed by atoms with Gasteiger partial charge in [0.25, 0.3) is 5.91 Å². The van der Waals surface area contributed by atoms with E-state index in [0.717, 1.165) is 11.0 Å². The number of amides is 1. The Balaban J connectivity index is 2.21. The fourth-order valence-electron chi connectivity index (χ4n) is 1.78. The van der Waals surface area contributed by atoms with Gasteiger partial charge in [-0.25, -0.2) is 0 Å². The Hall–Kier alpha value is -0.980. The van der Waals surface area contributed by atoms with E-state index < -0.39 is 0 Å². The number of rotatable bonds is 4. The molecule has 2 rings (SSSR count). The molecule has 0 radical (unpaired) electrons. The minimum atomic E-state index is -0.0915. The third kappa shape index (κ3) is 3.07. The Bertz CT molecular complexity index is 505. The molecule has 0 atom stereocenters. The van der Waals surface area contributed by atoms with E-state index in [-0.39, 0.29) is 5.91 Å². The lowest BCUT2D eigenvalue weighted by Crippen LogP contribution is -2.33. The highest BCUT2D eigenvalue weighted by atomic mass is 79.9. The van der Waals surface area contributed by atoms with Crippen LogP contribution >= 0.6 is 27.5 Å². The molecule has 0 N–H and O–H groups in total. The second-order valence-corrected chi connectivity index (χ2v) is 5.67. The zero-order chi connectivity index (χ0) is 13.1. The molecule has 1 aromatic carbocycles. The van der Waals surface area contributed by atoms with E-state index in [0.29, 0.717) is 23.0 Å². The summed E-state index contributed by atoms with van der Waals surface area (Å²) in [5.74, 6) is 3.05. The van der Waals surface area contributed by atoms with E-state index in [2.05, 4.69) is 21.9 Å². The fraction of sp³-hybridized carbons (Fsp3) is 0.357. The maximum Gasteiger partial charge on any atom is 0.256 e. The van der Waals surface area contributed by atoms with Gasteiger partial charge in [-0.2, -0.15) is 0 Å². The normalized spacial score (nSPS) is 14.1. The number of carbonyl (C=O) groups excluding carboxylic acids is 1. The lowest BCUT2D eigenvalue weighted by Gasteiger charge is -2.20. The van der Waals surface area contributed by atoms with Gasteiger partial charge in [-0.1, -0.05) is 23.6 Å². The molecule has 1 amide bonds. The molecule has 0 aliphatic heterocycles. The lowest BCUT2D eigenvalue weighted by atomic mass is 10.2. The summed E-state index contributed by atoms with van der Waals surface area (Å²) in [6, 6.07) is 5.34. The van der Waals surface area contributed by atoms with Crippen LogP contribution in [0.3, 0.4) is 0 Å². The zero-order valence-corrected chi connectivity index (χ0v) is 12.2. The number of nitrogens with zero attached hydrogens (tertiary/aromatic N) is 1. The average molecular weight is 327 g/mol. The van der Waals surface area contributed by atoms with Gasteiger partial charge in [0.1, 0.15) is 0 Å². The summed E-state index contributed by atoms with van der Waals surface area (Å²) in [5.41, 5.74) is 0.502. The van der Waals surface area contributed by atoms with Crippen LogP contribution in [0.15, 0.2) is 22.7 Å². The van der Waals surface area contributed by atoms with Crippen LogP contribution in [0.4, 0.5) is 0 Å². The molecule has 0 bridgehead atoms. The molecular weight excluding hydrogens is 314 g/mol. The molecule has 1 aliphatic carbocycles. The molecule has 4 heteroatoms. The van der Waals surface area contributed by atoms with Crippen molar-refractivity contribution in [2.24, 2.45) is 5.92 Å². The van der Waals surface area contributed by atoms with Crippen LogP contribution in [0.2, 0.25) is 5.02 Å². The van der Waals surface area contributed by atoms with Crippen molar-refractivity contribution in [3.8, 4) is 12.3 Å². The van der Waals surface area contributed by atoms with Gasteiger partial charge in [0.15, 0.2) is 0 Å². The highest BCUT2D eigenvalue weighted by Gasteiger charge is 2.27. The SMILES string of the molecule is C#CCN(CC1CC1)C(=O)c1cccc(Br)c1Cl. The van der Waals surface area contributed by atoms with Crippen LogP contribution in [-0.2, 0) is 0 Å². The zero-order valence-electron chi connectivity index (χ0n) is 9.83. The summed E-state index contributed by atoms with van der Waals surface area (Å²) >= 11 is 9.46. The molecule has 1 aromatic rings. The Labute approximate surface area is 120 Å². The smallest absolute Gasteiger partial charge is 0.256 e. The second kappa shape index (κ2) is 5.77. The first kappa shape index (κ1) is 13.5. The number of hydrogen-bond acceptors (Lipinski definition) is 1. The number of benzene rings is 1. The van der Waals surface area contributed by atoms with E-state index >= 15 is 0 Å². The van der Waals surface area contributed by atoms with Crippen molar-refractivity contribution in [1.29, 1.82) is 0 Å². The molecular formula is C14H13BrClNO. The van der Waals surface area contributed by atoms with Gasteiger partial charge in [-0.15, -0.1) is 6.42 Å². The molecule has 0 unspecified atom stereocenters. The van der Waals surface area contributed by atoms with Crippen LogP contribution in [0.5, 0.6) is 0 Å². The number of terminal acetylenes is 1. The molecule has 1 aliphatic rings. The van der Waals surface area contributed by atoms with Gasteiger partial charge >= 0.3 is 0 Å². The highest BCUT2D eigenvalue weighted by molar-refractivity contribution is 9.10. The molecule has 0 saturated heterocycles. The number of hydrogen-bond donors (Lipinski definition) is 0. The van der Waals surface area contributed by atoms with E-state index in [4.69, 9.17) is 18.0 Å². The molecule has 0 spiro atoms. The molecule has 0 aromatic heterocycles. The van der Waals surface area contributed by atoms with Gasteiger partial charge in [-0.3, -0.25) is 4.79 Å². The van der Waals surface area contributed by atoms with Gasteiger partial charge in [-0.05, 0) is 46.8 Å². The third-order valence-corrected chi connectivity index (χ3v) is 4.22. The molecule has 1 fully saturated rings. The summed E-state index contributed by atoms with van der Waals surface area (Å²) in [4.78, 5) is 14.1. The van der Waals surface area contributed by atoms with Crippen molar-refractivity contribution in [3.63, 3.8) is 0 Å². The molecule has 2 nitrogen and oxygen atoms in total. The van der Waals surface area contributed by atoms with Crippen LogP contribution < -0.4 is 0 Å². The quantitative estimate of drug-likeness (QED) is 0.774. The van der Waals surface area contributed by atoms with Crippen molar-refractivity contribution < 1.29 is 4.79 Å². The first-order chi connectivity index (χ1) is 8.63. The maximum atomic E-state index is 12.4. The standard InChI is InChI=1S/C14H13BrClNO/c1-2-8-17(9-10-6-7-10)14(18)11-4-3-5-12(15)13(11)16/h1,3-5,10H,6-9H2. The number of halogens is 2. The van der Waals surface area contributed by atoms with Crippen LogP contribution in [0.25, 0.3) is 0 Å². The summed E-state index contributed by atoms with van der Waals surface area (Å²) in [6.07, 6.45) is 7.69. The van der Waals surface area contributed by atoms with Gasteiger partial charge in [0.05, 0.1) is 17.1 Å². The Morgan fingerprint density at radius 2 is 2.28 bits per heavy atom. The van der Waals surface area contributed by atoms with Crippen molar-refractivity contribution in [2.45, 2.75) is 12.8 Å². The highest BCUT2D eigenvalue weighted by Crippen LogP contribution is 2.31.